The van der Waals surface area contributed by atoms with Gasteiger partial charge in [-0.3, -0.25) is 14.9 Å². The second kappa shape index (κ2) is 4.95. The summed E-state index contributed by atoms with van der Waals surface area (Å²) in [4.78, 5) is 22.4. The minimum Gasteiger partial charge on any atom is -0.464 e. The van der Waals surface area contributed by atoms with Gasteiger partial charge in [0.25, 0.3) is 0 Å². The molecule has 0 aliphatic carbocycles. The first kappa shape index (κ1) is 11.0. The third kappa shape index (κ3) is 2.70. The lowest BCUT2D eigenvalue weighted by Gasteiger charge is -2.28. The fourth-order valence-electron chi connectivity index (χ4n) is 1.35. The summed E-state index contributed by atoms with van der Waals surface area (Å²) >= 11 is 0. The molecule has 1 fully saturated rings. The molecule has 2 unspecified atom stereocenters. The van der Waals surface area contributed by atoms with Crippen LogP contribution in [-0.4, -0.2) is 37.1 Å². The van der Waals surface area contributed by atoms with Crippen molar-refractivity contribution in [1.29, 1.82) is 0 Å². The van der Waals surface area contributed by atoms with Crippen molar-refractivity contribution in [1.82, 2.24) is 10.6 Å². The fourth-order valence-corrected chi connectivity index (χ4v) is 1.35. The van der Waals surface area contributed by atoms with E-state index >= 15 is 0 Å². The van der Waals surface area contributed by atoms with E-state index in [1.807, 2.05) is 6.92 Å². The van der Waals surface area contributed by atoms with E-state index in [9.17, 15) is 9.59 Å². The predicted octanol–water partition coefficient (Wildman–Crippen LogP) is -0.584. The Hall–Kier alpha value is -1.10. The Kier molecular flexibility index (Phi) is 3.88. The van der Waals surface area contributed by atoms with E-state index in [0.29, 0.717) is 6.61 Å². The molecule has 2 N–H and O–H groups in total. The van der Waals surface area contributed by atoms with Crippen molar-refractivity contribution in [2.24, 2.45) is 0 Å². The molecule has 0 saturated carbocycles. The van der Waals surface area contributed by atoms with Gasteiger partial charge in [-0.25, -0.2) is 0 Å². The maximum atomic E-state index is 11.4. The van der Waals surface area contributed by atoms with Gasteiger partial charge < -0.3 is 10.1 Å². The van der Waals surface area contributed by atoms with Crippen LogP contribution in [0.1, 0.15) is 20.3 Å². The minimum absolute atomic E-state index is 0.0861. The van der Waals surface area contributed by atoms with Gasteiger partial charge in [-0.1, -0.05) is 6.92 Å². The van der Waals surface area contributed by atoms with E-state index in [0.717, 1.165) is 6.42 Å². The molecule has 0 bridgehead atoms. The summed E-state index contributed by atoms with van der Waals surface area (Å²) in [6.07, 6.45) is 0.805. The fraction of sp³-hybridized carbons (Fsp3) is 0.778. The number of amides is 1. The zero-order chi connectivity index (χ0) is 10.6. The van der Waals surface area contributed by atoms with Crippen LogP contribution in [0.5, 0.6) is 0 Å². The lowest BCUT2D eigenvalue weighted by molar-refractivity contribution is -0.148. The standard InChI is InChI=1S/C9H16N2O3/c1-3-4-14-9(13)8-6(2)11-7(12)5-10-8/h6,8,10H,3-5H2,1-2H3,(H,11,12). The summed E-state index contributed by atoms with van der Waals surface area (Å²) in [6.45, 7) is 4.32. The zero-order valence-electron chi connectivity index (χ0n) is 8.50. The first-order chi connectivity index (χ1) is 6.65. The SMILES string of the molecule is CCCOC(=O)C1NCC(=O)NC1C. The number of nitrogens with one attached hydrogen (secondary N) is 2. The number of carbonyl (C=O) groups excluding carboxylic acids is 2. The molecule has 0 radical (unpaired) electrons. The van der Waals surface area contributed by atoms with Crippen LogP contribution in [0.15, 0.2) is 0 Å². The van der Waals surface area contributed by atoms with Crippen LogP contribution in [0.25, 0.3) is 0 Å². The highest BCUT2D eigenvalue weighted by atomic mass is 16.5. The van der Waals surface area contributed by atoms with Crippen molar-refractivity contribution in [3.8, 4) is 0 Å². The van der Waals surface area contributed by atoms with Crippen molar-refractivity contribution < 1.29 is 14.3 Å². The summed E-state index contributed by atoms with van der Waals surface area (Å²) in [5.74, 6) is -0.378. The van der Waals surface area contributed by atoms with Crippen molar-refractivity contribution in [2.75, 3.05) is 13.2 Å². The molecule has 80 valence electrons. The molecule has 2 atom stereocenters. The van der Waals surface area contributed by atoms with E-state index in [1.54, 1.807) is 6.92 Å². The Balaban J connectivity index is 2.43. The Morgan fingerprint density at radius 2 is 2.36 bits per heavy atom. The van der Waals surface area contributed by atoms with Crippen molar-refractivity contribution in [2.45, 2.75) is 32.4 Å². The van der Waals surface area contributed by atoms with Gasteiger partial charge in [-0.2, -0.15) is 0 Å². The number of ether oxygens (including phenoxy) is 1. The molecule has 5 heteroatoms. The summed E-state index contributed by atoms with van der Waals surface area (Å²) in [5.41, 5.74) is 0. The molecular formula is C9H16N2O3. The van der Waals surface area contributed by atoms with E-state index in [-0.39, 0.29) is 24.5 Å². The maximum Gasteiger partial charge on any atom is 0.325 e. The molecule has 1 rings (SSSR count). The van der Waals surface area contributed by atoms with Crippen LogP contribution in [-0.2, 0) is 14.3 Å². The second-order valence-corrected chi connectivity index (χ2v) is 3.38. The number of rotatable bonds is 3. The lowest BCUT2D eigenvalue weighted by atomic mass is 10.1. The van der Waals surface area contributed by atoms with Gasteiger partial charge in [0.1, 0.15) is 6.04 Å². The molecule has 1 aliphatic heterocycles. The van der Waals surface area contributed by atoms with Crippen molar-refractivity contribution in [3.63, 3.8) is 0 Å². The topological polar surface area (TPSA) is 67.4 Å². The second-order valence-electron chi connectivity index (χ2n) is 3.38. The molecule has 0 aromatic carbocycles. The Morgan fingerprint density at radius 1 is 1.64 bits per heavy atom. The van der Waals surface area contributed by atoms with Crippen molar-refractivity contribution >= 4 is 11.9 Å². The van der Waals surface area contributed by atoms with Crippen LogP contribution in [0.3, 0.4) is 0 Å². The maximum absolute atomic E-state index is 11.4. The Bertz CT molecular complexity index is 230. The van der Waals surface area contributed by atoms with Crippen LogP contribution in [0.4, 0.5) is 0 Å². The molecule has 0 aromatic heterocycles. The van der Waals surface area contributed by atoms with Gasteiger partial charge in [0.2, 0.25) is 5.91 Å². The van der Waals surface area contributed by atoms with Crippen LogP contribution >= 0.6 is 0 Å². The first-order valence-electron chi connectivity index (χ1n) is 4.84. The average Bonchev–Trinajstić information content (AvgIpc) is 2.14. The summed E-state index contributed by atoms with van der Waals surface area (Å²) in [6, 6.07) is -0.625. The smallest absolute Gasteiger partial charge is 0.325 e. The summed E-state index contributed by atoms with van der Waals surface area (Å²) in [5, 5.41) is 5.53. The molecule has 1 heterocycles. The Morgan fingerprint density at radius 3 is 2.93 bits per heavy atom. The van der Waals surface area contributed by atoms with E-state index in [4.69, 9.17) is 4.74 Å². The third-order valence-corrected chi connectivity index (χ3v) is 2.07. The van der Waals surface area contributed by atoms with E-state index in [1.165, 1.54) is 0 Å². The Labute approximate surface area is 83.2 Å². The molecule has 0 aromatic rings. The molecule has 1 aliphatic rings. The highest BCUT2D eigenvalue weighted by Gasteiger charge is 2.31. The monoisotopic (exact) mass is 200 g/mol. The largest absolute Gasteiger partial charge is 0.464 e. The lowest BCUT2D eigenvalue weighted by Crippen LogP contribution is -2.61. The zero-order valence-corrected chi connectivity index (χ0v) is 8.50. The highest BCUT2D eigenvalue weighted by Crippen LogP contribution is 2.01. The van der Waals surface area contributed by atoms with E-state index < -0.39 is 6.04 Å². The minimum atomic E-state index is -0.417. The molecule has 14 heavy (non-hydrogen) atoms. The molecule has 0 spiro atoms. The van der Waals surface area contributed by atoms with Crippen molar-refractivity contribution in [3.05, 3.63) is 0 Å². The van der Waals surface area contributed by atoms with Gasteiger partial charge in [0, 0.05) is 0 Å². The summed E-state index contributed by atoms with van der Waals surface area (Å²) < 4.78 is 4.98. The van der Waals surface area contributed by atoms with Gasteiger partial charge in [-0.05, 0) is 13.3 Å². The number of hydrogen-bond acceptors (Lipinski definition) is 4. The number of hydrogen-bond donors (Lipinski definition) is 2. The van der Waals surface area contributed by atoms with E-state index in [2.05, 4.69) is 10.6 Å². The highest BCUT2D eigenvalue weighted by molar-refractivity contribution is 5.84. The van der Waals surface area contributed by atoms with Gasteiger partial charge in [0.15, 0.2) is 0 Å². The predicted molar refractivity (Wildman–Crippen MR) is 50.6 cm³/mol. The first-order valence-corrected chi connectivity index (χ1v) is 4.84. The van der Waals surface area contributed by atoms with Gasteiger partial charge >= 0.3 is 5.97 Å². The quantitative estimate of drug-likeness (QED) is 0.598. The summed E-state index contributed by atoms with van der Waals surface area (Å²) in [7, 11) is 0. The average molecular weight is 200 g/mol. The number of carbonyl (C=O) groups is 2. The molecule has 1 amide bonds. The normalized spacial score (nSPS) is 26.9. The molecular weight excluding hydrogens is 184 g/mol. The van der Waals surface area contributed by atoms with Crippen LogP contribution in [0.2, 0.25) is 0 Å². The van der Waals surface area contributed by atoms with Gasteiger partial charge in [-0.15, -0.1) is 0 Å². The van der Waals surface area contributed by atoms with Gasteiger partial charge in [0.05, 0.1) is 19.2 Å². The van der Waals surface area contributed by atoms with Crippen LogP contribution in [0, 0.1) is 0 Å². The molecule has 1 saturated heterocycles. The number of piperazine rings is 1. The molecule has 5 nitrogen and oxygen atoms in total. The number of esters is 1. The van der Waals surface area contributed by atoms with Crippen LogP contribution < -0.4 is 10.6 Å². The third-order valence-electron chi connectivity index (χ3n) is 2.07.